The molecule has 1 fully saturated rings. The molecule has 1 atom stereocenters. The van der Waals surface area contributed by atoms with Gasteiger partial charge in [-0.15, -0.1) is 11.3 Å². The summed E-state index contributed by atoms with van der Waals surface area (Å²) in [5, 5.41) is 5.05. The molecule has 168 valence electrons. The third-order valence-electron chi connectivity index (χ3n) is 5.43. The van der Waals surface area contributed by atoms with Crippen LogP contribution in [0.5, 0.6) is 11.5 Å². The fourth-order valence-electron chi connectivity index (χ4n) is 3.63. The third kappa shape index (κ3) is 5.85. The van der Waals surface area contributed by atoms with E-state index in [2.05, 4.69) is 27.3 Å². The van der Waals surface area contributed by atoms with Gasteiger partial charge in [-0.1, -0.05) is 12.1 Å². The molecule has 0 aliphatic carbocycles. The second-order valence-electron chi connectivity index (χ2n) is 7.44. The minimum Gasteiger partial charge on any atom is -0.497 e. The van der Waals surface area contributed by atoms with Gasteiger partial charge in [0.15, 0.2) is 0 Å². The summed E-state index contributed by atoms with van der Waals surface area (Å²) in [4.78, 5) is 19.3. The van der Waals surface area contributed by atoms with Gasteiger partial charge < -0.3 is 19.5 Å². The first-order chi connectivity index (χ1) is 15.7. The van der Waals surface area contributed by atoms with E-state index >= 15 is 0 Å². The van der Waals surface area contributed by atoms with Crippen molar-refractivity contribution in [3.05, 3.63) is 76.2 Å². The maximum absolute atomic E-state index is 12.8. The van der Waals surface area contributed by atoms with Crippen molar-refractivity contribution in [1.29, 1.82) is 0 Å². The molecule has 1 saturated heterocycles. The zero-order valence-corrected chi connectivity index (χ0v) is 18.8. The van der Waals surface area contributed by atoms with Crippen LogP contribution in [0.25, 0.3) is 0 Å². The Balaban J connectivity index is 1.37. The largest absolute Gasteiger partial charge is 0.497 e. The van der Waals surface area contributed by atoms with Gasteiger partial charge in [-0.3, -0.25) is 9.69 Å². The SMILES string of the molecule is COc1ccc([C@@H](CNC(=O)c2ccc(OCc3cscn3)cc2)N2CCOCC2)cc1. The van der Waals surface area contributed by atoms with E-state index in [0.717, 1.165) is 30.1 Å². The van der Waals surface area contributed by atoms with Gasteiger partial charge in [-0.05, 0) is 42.0 Å². The first kappa shape index (κ1) is 22.3. The molecule has 4 rings (SSSR count). The number of benzene rings is 2. The smallest absolute Gasteiger partial charge is 0.251 e. The van der Waals surface area contributed by atoms with Crippen LogP contribution in [-0.4, -0.2) is 55.7 Å². The van der Waals surface area contributed by atoms with Crippen molar-refractivity contribution in [2.24, 2.45) is 0 Å². The van der Waals surface area contributed by atoms with Crippen molar-refractivity contribution in [2.75, 3.05) is 40.0 Å². The zero-order chi connectivity index (χ0) is 22.2. The summed E-state index contributed by atoms with van der Waals surface area (Å²) in [7, 11) is 1.66. The summed E-state index contributed by atoms with van der Waals surface area (Å²) < 4.78 is 16.5. The molecular weight excluding hydrogens is 426 g/mol. The quantitative estimate of drug-likeness (QED) is 0.534. The van der Waals surface area contributed by atoms with E-state index in [0.29, 0.717) is 37.7 Å². The molecule has 32 heavy (non-hydrogen) atoms. The summed E-state index contributed by atoms with van der Waals surface area (Å²) in [6.07, 6.45) is 0. The topological polar surface area (TPSA) is 72.9 Å². The van der Waals surface area contributed by atoms with E-state index in [1.807, 2.05) is 29.6 Å². The predicted molar refractivity (Wildman–Crippen MR) is 123 cm³/mol. The van der Waals surface area contributed by atoms with Crippen molar-refractivity contribution in [3.63, 3.8) is 0 Å². The summed E-state index contributed by atoms with van der Waals surface area (Å²) in [5.41, 5.74) is 4.41. The van der Waals surface area contributed by atoms with Crippen molar-refractivity contribution in [1.82, 2.24) is 15.2 Å². The summed E-state index contributed by atoms with van der Waals surface area (Å²) >= 11 is 1.54. The number of morpholine rings is 1. The number of thiazole rings is 1. The van der Waals surface area contributed by atoms with E-state index < -0.39 is 0 Å². The van der Waals surface area contributed by atoms with Crippen LogP contribution >= 0.6 is 11.3 Å². The van der Waals surface area contributed by atoms with E-state index in [-0.39, 0.29) is 11.9 Å². The molecular formula is C24H27N3O4S. The van der Waals surface area contributed by atoms with E-state index in [4.69, 9.17) is 14.2 Å². The Kier molecular flexibility index (Phi) is 7.71. The number of nitrogens with one attached hydrogen (secondary N) is 1. The van der Waals surface area contributed by atoms with Crippen molar-refractivity contribution < 1.29 is 19.0 Å². The lowest BCUT2D eigenvalue weighted by Crippen LogP contribution is -2.43. The number of rotatable bonds is 9. The standard InChI is InChI=1S/C24H27N3O4S/c1-29-21-6-2-18(3-7-21)23(27-10-12-30-13-11-27)14-25-24(28)19-4-8-22(9-5-19)31-15-20-16-32-17-26-20/h2-9,16-17,23H,10-15H2,1H3,(H,25,28)/t23-/m1/s1. The highest BCUT2D eigenvalue weighted by atomic mass is 32.1. The molecule has 1 aliphatic rings. The fraction of sp³-hybridized carbons (Fsp3) is 0.333. The van der Waals surface area contributed by atoms with Crippen LogP contribution in [0, 0.1) is 0 Å². The van der Waals surface area contributed by atoms with Gasteiger partial charge in [-0.2, -0.15) is 0 Å². The molecule has 2 heterocycles. The number of hydrogen-bond donors (Lipinski definition) is 1. The lowest BCUT2D eigenvalue weighted by molar-refractivity contribution is 0.0162. The number of aromatic nitrogens is 1. The van der Waals surface area contributed by atoms with Crippen LogP contribution in [-0.2, 0) is 11.3 Å². The van der Waals surface area contributed by atoms with Gasteiger partial charge in [0, 0.05) is 30.6 Å². The number of ether oxygens (including phenoxy) is 3. The van der Waals surface area contributed by atoms with Gasteiger partial charge in [0.05, 0.1) is 37.6 Å². The highest BCUT2D eigenvalue weighted by Gasteiger charge is 2.23. The lowest BCUT2D eigenvalue weighted by atomic mass is 10.0. The monoisotopic (exact) mass is 453 g/mol. The molecule has 2 aromatic carbocycles. The summed E-state index contributed by atoms with van der Waals surface area (Å²) in [5.74, 6) is 1.41. The highest BCUT2D eigenvalue weighted by molar-refractivity contribution is 7.07. The van der Waals surface area contributed by atoms with Gasteiger partial charge in [0.2, 0.25) is 0 Å². The average Bonchev–Trinajstić information content (AvgIpc) is 3.38. The second kappa shape index (κ2) is 11.1. The molecule has 0 unspecified atom stereocenters. The van der Waals surface area contributed by atoms with Crippen LogP contribution in [0.15, 0.2) is 59.4 Å². The molecule has 1 N–H and O–H groups in total. The first-order valence-electron chi connectivity index (χ1n) is 10.6. The molecule has 0 spiro atoms. The normalized spacial score (nSPS) is 15.2. The van der Waals surface area contributed by atoms with E-state index in [1.54, 1.807) is 24.8 Å². The van der Waals surface area contributed by atoms with Gasteiger partial charge in [0.25, 0.3) is 5.91 Å². The van der Waals surface area contributed by atoms with E-state index in [9.17, 15) is 4.79 Å². The molecule has 1 aliphatic heterocycles. The minimum atomic E-state index is -0.108. The van der Waals surface area contributed by atoms with Crippen LogP contribution in [0.3, 0.4) is 0 Å². The Morgan fingerprint density at radius 3 is 2.50 bits per heavy atom. The van der Waals surface area contributed by atoms with Gasteiger partial charge >= 0.3 is 0 Å². The van der Waals surface area contributed by atoms with Gasteiger partial charge in [0.1, 0.15) is 18.1 Å². The fourth-order valence-corrected chi connectivity index (χ4v) is 4.18. The number of carbonyl (C=O) groups is 1. The molecule has 0 saturated carbocycles. The number of amides is 1. The Hall–Kier alpha value is -2.94. The second-order valence-corrected chi connectivity index (χ2v) is 8.16. The molecule has 0 radical (unpaired) electrons. The molecule has 3 aromatic rings. The molecule has 1 aromatic heterocycles. The van der Waals surface area contributed by atoms with E-state index in [1.165, 1.54) is 11.3 Å². The first-order valence-corrected chi connectivity index (χ1v) is 11.5. The van der Waals surface area contributed by atoms with Crippen molar-refractivity contribution in [3.8, 4) is 11.5 Å². The van der Waals surface area contributed by atoms with Crippen molar-refractivity contribution in [2.45, 2.75) is 12.6 Å². The third-order valence-corrected chi connectivity index (χ3v) is 6.06. The van der Waals surface area contributed by atoms with Crippen LogP contribution < -0.4 is 14.8 Å². The van der Waals surface area contributed by atoms with Crippen molar-refractivity contribution >= 4 is 17.2 Å². The van der Waals surface area contributed by atoms with Crippen LogP contribution in [0.1, 0.15) is 27.7 Å². The number of carbonyl (C=O) groups excluding carboxylic acids is 1. The zero-order valence-electron chi connectivity index (χ0n) is 18.0. The minimum absolute atomic E-state index is 0.0643. The number of methoxy groups -OCH3 is 1. The summed E-state index contributed by atoms with van der Waals surface area (Å²) in [6.45, 7) is 3.98. The maximum atomic E-state index is 12.8. The molecule has 1 amide bonds. The Bertz CT molecular complexity index is 971. The molecule has 0 bridgehead atoms. The Morgan fingerprint density at radius 1 is 1.12 bits per heavy atom. The Morgan fingerprint density at radius 2 is 1.84 bits per heavy atom. The predicted octanol–water partition coefficient (Wildman–Crippen LogP) is 3.53. The molecule has 8 heteroatoms. The number of nitrogens with zero attached hydrogens (tertiary/aromatic N) is 2. The molecule has 7 nitrogen and oxygen atoms in total. The average molecular weight is 454 g/mol. The van der Waals surface area contributed by atoms with Crippen LogP contribution in [0.4, 0.5) is 0 Å². The maximum Gasteiger partial charge on any atom is 0.251 e. The summed E-state index contributed by atoms with van der Waals surface area (Å²) in [6, 6.07) is 15.3. The number of hydrogen-bond acceptors (Lipinski definition) is 7. The van der Waals surface area contributed by atoms with Crippen LogP contribution in [0.2, 0.25) is 0 Å². The Labute approximate surface area is 191 Å². The lowest BCUT2D eigenvalue weighted by Gasteiger charge is -2.35. The highest BCUT2D eigenvalue weighted by Crippen LogP contribution is 2.24. The van der Waals surface area contributed by atoms with Gasteiger partial charge in [-0.25, -0.2) is 4.98 Å².